The van der Waals surface area contributed by atoms with E-state index in [1.165, 1.54) is 0 Å². The zero-order valence-corrected chi connectivity index (χ0v) is 14.9. The topological polar surface area (TPSA) is 76.3 Å². The molecular weight excluding hydrogens is 326 g/mol. The normalized spacial score (nSPS) is 17.2. The van der Waals surface area contributed by atoms with Gasteiger partial charge < -0.3 is 4.52 Å². The molecule has 0 bridgehead atoms. The fraction of sp³-hybridized carbons (Fsp3) is 0.529. The summed E-state index contributed by atoms with van der Waals surface area (Å²) in [6.07, 6.45) is 1.36. The van der Waals surface area contributed by atoms with Crippen LogP contribution in [-0.4, -0.2) is 47.6 Å². The van der Waals surface area contributed by atoms with Gasteiger partial charge in [0.2, 0.25) is 0 Å². The molecule has 0 aliphatic carbocycles. The van der Waals surface area contributed by atoms with E-state index in [0.29, 0.717) is 31.1 Å². The molecule has 7 heteroatoms. The van der Waals surface area contributed by atoms with Gasteiger partial charge in [0.15, 0.2) is 15.7 Å². The number of rotatable bonds is 5. The molecule has 2 heterocycles. The number of hydrogen-bond donors (Lipinski definition) is 0. The van der Waals surface area contributed by atoms with E-state index in [0.717, 1.165) is 24.2 Å². The van der Waals surface area contributed by atoms with Crippen molar-refractivity contribution in [2.45, 2.75) is 38.5 Å². The van der Waals surface area contributed by atoms with Crippen LogP contribution >= 0.6 is 0 Å². The van der Waals surface area contributed by atoms with E-state index in [4.69, 9.17) is 4.52 Å². The van der Waals surface area contributed by atoms with Crippen LogP contribution in [0.1, 0.15) is 31.2 Å². The Morgan fingerprint density at radius 3 is 2.62 bits per heavy atom. The largest absolute Gasteiger partial charge is 0.334 e. The van der Waals surface area contributed by atoms with Crippen LogP contribution in [0.15, 0.2) is 28.8 Å². The second-order valence-electron chi connectivity index (χ2n) is 6.26. The van der Waals surface area contributed by atoms with Gasteiger partial charge >= 0.3 is 0 Å². The summed E-state index contributed by atoms with van der Waals surface area (Å²) in [6, 6.07) is 7.90. The molecule has 1 aliphatic rings. The molecule has 0 N–H and O–H groups in total. The molecule has 0 amide bonds. The lowest BCUT2D eigenvalue weighted by molar-refractivity contribution is 0.214. The number of benzene rings is 1. The first-order valence-corrected chi connectivity index (χ1v) is 10.0. The molecule has 24 heavy (non-hydrogen) atoms. The Labute approximate surface area is 142 Å². The van der Waals surface area contributed by atoms with Crippen LogP contribution in [0.25, 0.3) is 11.5 Å². The number of hydrogen-bond acceptors (Lipinski definition) is 6. The fourth-order valence-electron chi connectivity index (χ4n) is 3.10. The van der Waals surface area contributed by atoms with Crippen LogP contribution in [0.4, 0.5) is 0 Å². The van der Waals surface area contributed by atoms with Gasteiger partial charge in [-0.15, -0.1) is 0 Å². The Morgan fingerprint density at radius 1 is 1.25 bits per heavy atom. The molecule has 0 spiro atoms. The van der Waals surface area contributed by atoms with Gasteiger partial charge in [-0.3, -0.25) is 4.90 Å². The van der Waals surface area contributed by atoms with Gasteiger partial charge in [0.25, 0.3) is 5.89 Å². The first kappa shape index (κ1) is 17.1. The molecule has 0 unspecified atom stereocenters. The average Bonchev–Trinajstić information content (AvgIpc) is 3.04. The predicted octanol–water partition coefficient (Wildman–Crippen LogP) is 2.44. The Hall–Kier alpha value is -1.73. The van der Waals surface area contributed by atoms with Gasteiger partial charge in [0, 0.05) is 11.3 Å². The fourth-order valence-corrected chi connectivity index (χ4v) is 4.50. The number of sulfone groups is 1. The maximum Gasteiger partial charge on any atom is 0.258 e. The first-order valence-electron chi connectivity index (χ1n) is 8.32. The molecular formula is C17H23N3O3S. The lowest BCUT2D eigenvalue weighted by Gasteiger charge is -2.30. The van der Waals surface area contributed by atoms with Crippen molar-refractivity contribution < 1.29 is 12.9 Å². The van der Waals surface area contributed by atoms with Crippen LogP contribution in [0.5, 0.6) is 0 Å². The minimum Gasteiger partial charge on any atom is -0.334 e. The minimum absolute atomic E-state index is 0.202. The Morgan fingerprint density at radius 2 is 1.96 bits per heavy atom. The maximum absolute atomic E-state index is 12.0. The highest BCUT2D eigenvalue weighted by atomic mass is 32.2. The Kier molecular flexibility index (Phi) is 5.01. The Bertz CT molecular complexity index is 793. The van der Waals surface area contributed by atoms with E-state index in [9.17, 15) is 8.42 Å². The SMILES string of the molecule is CCS(=O)(=O)C1CCN(Cc2noc(-c3ccccc3C)n2)CC1. The van der Waals surface area contributed by atoms with Gasteiger partial charge in [-0.2, -0.15) is 4.98 Å². The summed E-state index contributed by atoms with van der Waals surface area (Å²) in [5, 5.41) is 3.86. The molecule has 0 atom stereocenters. The summed E-state index contributed by atoms with van der Waals surface area (Å²) in [6.45, 7) is 5.82. The van der Waals surface area contributed by atoms with E-state index in [2.05, 4.69) is 15.0 Å². The molecule has 1 aromatic carbocycles. The lowest BCUT2D eigenvalue weighted by atomic mass is 10.1. The van der Waals surface area contributed by atoms with Crippen molar-refractivity contribution in [2.24, 2.45) is 0 Å². The van der Waals surface area contributed by atoms with E-state index in [1.807, 2.05) is 31.2 Å². The summed E-state index contributed by atoms with van der Waals surface area (Å²) in [5.74, 6) is 1.40. The summed E-state index contributed by atoms with van der Waals surface area (Å²) in [4.78, 5) is 6.67. The highest BCUT2D eigenvalue weighted by Crippen LogP contribution is 2.23. The number of aromatic nitrogens is 2. The van der Waals surface area contributed by atoms with Gasteiger partial charge in [-0.1, -0.05) is 30.3 Å². The summed E-state index contributed by atoms with van der Waals surface area (Å²) < 4.78 is 29.3. The summed E-state index contributed by atoms with van der Waals surface area (Å²) in [5.41, 5.74) is 2.04. The molecule has 3 rings (SSSR count). The summed E-state index contributed by atoms with van der Waals surface area (Å²) >= 11 is 0. The third-order valence-corrected chi connectivity index (χ3v) is 6.95. The Balaban J connectivity index is 1.62. The van der Waals surface area contributed by atoms with E-state index in [1.54, 1.807) is 6.92 Å². The first-order chi connectivity index (χ1) is 11.5. The average molecular weight is 349 g/mol. The highest BCUT2D eigenvalue weighted by molar-refractivity contribution is 7.92. The predicted molar refractivity (Wildman–Crippen MR) is 92.2 cm³/mol. The third-order valence-electron chi connectivity index (χ3n) is 4.65. The van der Waals surface area contributed by atoms with Crippen LogP contribution in [-0.2, 0) is 16.4 Å². The van der Waals surface area contributed by atoms with E-state index < -0.39 is 9.84 Å². The van der Waals surface area contributed by atoms with Crippen LogP contribution in [0.2, 0.25) is 0 Å². The molecule has 2 aromatic rings. The van der Waals surface area contributed by atoms with Gasteiger partial charge in [0.1, 0.15) is 0 Å². The standard InChI is InChI=1S/C17H23N3O3S/c1-3-24(21,22)14-8-10-20(11-9-14)12-16-18-17(23-19-16)15-7-5-4-6-13(15)2/h4-7,14H,3,8-12H2,1-2H3. The molecule has 0 radical (unpaired) electrons. The van der Waals surface area contributed by atoms with Crippen LogP contribution in [0.3, 0.4) is 0 Å². The molecule has 1 aromatic heterocycles. The molecule has 1 saturated heterocycles. The monoisotopic (exact) mass is 349 g/mol. The minimum atomic E-state index is -2.93. The maximum atomic E-state index is 12.0. The smallest absolute Gasteiger partial charge is 0.258 e. The van der Waals surface area contributed by atoms with Crippen LogP contribution < -0.4 is 0 Å². The zero-order chi connectivity index (χ0) is 17.2. The van der Waals surface area contributed by atoms with E-state index in [-0.39, 0.29) is 11.0 Å². The van der Waals surface area contributed by atoms with Gasteiger partial charge in [0.05, 0.1) is 11.8 Å². The molecule has 0 saturated carbocycles. The molecule has 1 fully saturated rings. The number of likely N-dealkylation sites (tertiary alicyclic amines) is 1. The van der Waals surface area contributed by atoms with Crippen molar-refractivity contribution in [2.75, 3.05) is 18.8 Å². The third kappa shape index (κ3) is 3.67. The van der Waals surface area contributed by atoms with Crippen molar-refractivity contribution in [3.63, 3.8) is 0 Å². The zero-order valence-electron chi connectivity index (χ0n) is 14.1. The van der Waals surface area contributed by atoms with Crippen molar-refractivity contribution in [3.8, 4) is 11.5 Å². The summed E-state index contributed by atoms with van der Waals surface area (Å²) in [7, 11) is -2.93. The molecule has 6 nitrogen and oxygen atoms in total. The van der Waals surface area contributed by atoms with Gasteiger partial charge in [-0.05, 0) is 44.5 Å². The number of aryl methyl sites for hydroxylation is 1. The van der Waals surface area contributed by atoms with Crippen molar-refractivity contribution in [1.29, 1.82) is 0 Å². The lowest BCUT2D eigenvalue weighted by Crippen LogP contribution is -2.39. The second-order valence-corrected chi connectivity index (χ2v) is 8.83. The van der Waals surface area contributed by atoms with Crippen molar-refractivity contribution in [1.82, 2.24) is 15.0 Å². The van der Waals surface area contributed by atoms with Crippen molar-refractivity contribution in [3.05, 3.63) is 35.7 Å². The quantitative estimate of drug-likeness (QED) is 0.825. The van der Waals surface area contributed by atoms with Gasteiger partial charge in [-0.25, -0.2) is 8.42 Å². The molecule has 1 aliphatic heterocycles. The highest BCUT2D eigenvalue weighted by Gasteiger charge is 2.29. The number of piperidine rings is 1. The van der Waals surface area contributed by atoms with E-state index >= 15 is 0 Å². The van der Waals surface area contributed by atoms with Crippen LogP contribution in [0, 0.1) is 6.92 Å². The van der Waals surface area contributed by atoms with Crippen molar-refractivity contribution >= 4 is 9.84 Å². The molecule has 130 valence electrons. The second kappa shape index (κ2) is 7.03. The number of nitrogens with zero attached hydrogens (tertiary/aromatic N) is 3.